The first kappa shape index (κ1) is 16.5. The summed E-state index contributed by atoms with van der Waals surface area (Å²) in [6, 6.07) is 11.6. The monoisotopic (exact) mass is 325 g/mol. The third-order valence-corrected chi connectivity index (χ3v) is 4.60. The summed E-state index contributed by atoms with van der Waals surface area (Å²) in [5, 5.41) is 10.6. The predicted molar refractivity (Wildman–Crippen MR) is 93.9 cm³/mol. The van der Waals surface area contributed by atoms with Crippen molar-refractivity contribution in [3.63, 3.8) is 0 Å². The number of carbonyl (C=O) groups is 1. The van der Waals surface area contributed by atoms with Gasteiger partial charge in [-0.2, -0.15) is 0 Å². The lowest BCUT2D eigenvalue weighted by Gasteiger charge is -2.35. The fraction of sp³-hybridized carbons (Fsp3) is 0.368. The summed E-state index contributed by atoms with van der Waals surface area (Å²) in [6.45, 7) is 6.63. The lowest BCUT2D eigenvalue weighted by molar-refractivity contribution is -0.129. The quantitative estimate of drug-likeness (QED) is 0.939. The zero-order chi connectivity index (χ0) is 17.1. The Balaban J connectivity index is 1.75. The summed E-state index contributed by atoms with van der Waals surface area (Å²) >= 11 is 0. The molecule has 1 saturated heterocycles. The molecule has 1 aliphatic rings. The van der Waals surface area contributed by atoms with Crippen LogP contribution in [0.4, 0.5) is 5.82 Å². The molecule has 0 saturated carbocycles. The molecule has 1 N–H and O–H groups in total. The van der Waals surface area contributed by atoms with Crippen LogP contribution in [0.1, 0.15) is 29.7 Å². The molecule has 0 radical (unpaired) electrons. The van der Waals surface area contributed by atoms with Crippen molar-refractivity contribution in [3.05, 3.63) is 59.3 Å². The molecule has 5 nitrogen and oxygen atoms in total. The molecule has 1 atom stereocenters. The van der Waals surface area contributed by atoms with E-state index in [4.69, 9.17) is 0 Å². The number of nitrogens with zero attached hydrogens (tertiary/aromatic N) is 3. The molecule has 0 spiro atoms. The van der Waals surface area contributed by atoms with Gasteiger partial charge in [0.25, 0.3) is 0 Å². The third-order valence-electron chi connectivity index (χ3n) is 4.60. The Morgan fingerprint density at radius 2 is 1.83 bits per heavy atom. The largest absolute Gasteiger partial charge is 0.384 e. The van der Waals surface area contributed by atoms with Crippen molar-refractivity contribution in [2.45, 2.75) is 20.0 Å². The van der Waals surface area contributed by atoms with Gasteiger partial charge in [0, 0.05) is 44.9 Å². The van der Waals surface area contributed by atoms with Crippen LogP contribution in [0.15, 0.2) is 42.6 Å². The zero-order valence-corrected chi connectivity index (χ0v) is 14.1. The first-order valence-corrected chi connectivity index (χ1v) is 8.26. The Bertz CT molecular complexity index is 710. The van der Waals surface area contributed by atoms with E-state index in [1.165, 1.54) is 0 Å². The van der Waals surface area contributed by atoms with Crippen LogP contribution in [0.2, 0.25) is 0 Å². The van der Waals surface area contributed by atoms with Crippen LogP contribution in [0, 0.1) is 6.92 Å². The molecule has 0 bridgehead atoms. The van der Waals surface area contributed by atoms with E-state index in [0.717, 1.165) is 48.7 Å². The molecule has 1 amide bonds. The Kier molecular flexibility index (Phi) is 4.81. The summed E-state index contributed by atoms with van der Waals surface area (Å²) in [6.07, 6.45) is 1.10. The number of aliphatic hydroxyl groups excluding tert-OH is 1. The average molecular weight is 325 g/mol. The Morgan fingerprint density at radius 1 is 1.17 bits per heavy atom. The molecule has 1 aromatic carbocycles. The van der Waals surface area contributed by atoms with Gasteiger partial charge in [0.05, 0.1) is 0 Å². The van der Waals surface area contributed by atoms with Gasteiger partial charge < -0.3 is 14.9 Å². The highest BCUT2D eigenvalue weighted by Crippen LogP contribution is 2.26. The molecule has 0 aliphatic carbocycles. The number of hydrogen-bond acceptors (Lipinski definition) is 4. The number of aromatic nitrogens is 1. The smallest absolute Gasteiger partial charge is 0.219 e. The van der Waals surface area contributed by atoms with Crippen LogP contribution in [-0.4, -0.2) is 47.1 Å². The van der Waals surface area contributed by atoms with Gasteiger partial charge in [0.2, 0.25) is 5.91 Å². The number of aryl methyl sites for hydroxylation is 1. The molecule has 5 heteroatoms. The second-order valence-electron chi connectivity index (χ2n) is 6.21. The second kappa shape index (κ2) is 7.01. The number of aliphatic hydroxyl groups is 1. The third kappa shape index (κ3) is 3.41. The van der Waals surface area contributed by atoms with E-state index in [1.807, 2.05) is 48.2 Å². The van der Waals surface area contributed by atoms with Crippen LogP contribution < -0.4 is 4.90 Å². The number of hydrogen-bond donors (Lipinski definition) is 1. The minimum atomic E-state index is -0.665. The number of piperazine rings is 1. The van der Waals surface area contributed by atoms with Gasteiger partial charge in [0.1, 0.15) is 11.9 Å². The first-order valence-electron chi connectivity index (χ1n) is 8.26. The van der Waals surface area contributed by atoms with E-state index in [9.17, 15) is 9.90 Å². The number of anilines is 1. The van der Waals surface area contributed by atoms with Gasteiger partial charge in [-0.25, -0.2) is 4.98 Å². The van der Waals surface area contributed by atoms with Crippen molar-refractivity contribution in [1.29, 1.82) is 0 Å². The SMILES string of the molecule is CC(=O)N1CCN(c2cc(C)c([C@@H](O)c3ccccc3)cn2)CC1. The maximum absolute atomic E-state index is 11.4. The highest BCUT2D eigenvalue weighted by atomic mass is 16.3. The van der Waals surface area contributed by atoms with Gasteiger partial charge in [-0.05, 0) is 24.1 Å². The van der Waals surface area contributed by atoms with E-state index in [1.54, 1.807) is 13.1 Å². The maximum atomic E-state index is 11.4. The van der Waals surface area contributed by atoms with E-state index < -0.39 is 6.10 Å². The molecule has 1 fully saturated rings. The molecule has 126 valence electrons. The van der Waals surface area contributed by atoms with Crippen molar-refractivity contribution in [2.75, 3.05) is 31.1 Å². The minimum absolute atomic E-state index is 0.125. The van der Waals surface area contributed by atoms with E-state index in [0.29, 0.717) is 0 Å². The van der Waals surface area contributed by atoms with Gasteiger partial charge in [-0.15, -0.1) is 0 Å². The normalized spacial score (nSPS) is 16.1. The predicted octanol–water partition coefficient (Wildman–Crippen LogP) is 2.14. The molecule has 24 heavy (non-hydrogen) atoms. The lowest BCUT2D eigenvalue weighted by Crippen LogP contribution is -2.48. The fourth-order valence-electron chi connectivity index (χ4n) is 3.08. The average Bonchev–Trinajstić information content (AvgIpc) is 2.62. The Morgan fingerprint density at radius 3 is 2.42 bits per heavy atom. The lowest BCUT2D eigenvalue weighted by atomic mass is 9.99. The minimum Gasteiger partial charge on any atom is -0.384 e. The summed E-state index contributed by atoms with van der Waals surface area (Å²) < 4.78 is 0. The first-order chi connectivity index (χ1) is 11.6. The molecule has 2 aromatic rings. The van der Waals surface area contributed by atoms with Crippen molar-refractivity contribution < 1.29 is 9.90 Å². The van der Waals surface area contributed by atoms with Crippen molar-refractivity contribution in [3.8, 4) is 0 Å². The van der Waals surface area contributed by atoms with Crippen molar-refractivity contribution in [1.82, 2.24) is 9.88 Å². The highest BCUT2D eigenvalue weighted by molar-refractivity contribution is 5.73. The maximum Gasteiger partial charge on any atom is 0.219 e. The molecule has 3 rings (SSSR count). The fourth-order valence-corrected chi connectivity index (χ4v) is 3.08. The van der Waals surface area contributed by atoms with E-state index >= 15 is 0 Å². The topological polar surface area (TPSA) is 56.7 Å². The number of amides is 1. The van der Waals surface area contributed by atoms with Crippen molar-refractivity contribution >= 4 is 11.7 Å². The standard InChI is InChI=1S/C19H23N3O2/c1-14-12-18(22-10-8-21(9-11-22)15(2)23)20-13-17(14)19(24)16-6-4-3-5-7-16/h3-7,12-13,19,24H,8-11H2,1-2H3/t19-/m0/s1. The molecule has 0 unspecified atom stereocenters. The molecular weight excluding hydrogens is 302 g/mol. The molecule has 2 heterocycles. The molecule has 1 aliphatic heterocycles. The molecule has 1 aromatic heterocycles. The second-order valence-corrected chi connectivity index (χ2v) is 6.21. The van der Waals surface area contributed by atoms with Crippen LogP contribution in [-0.2, 0) is 4.79 Å². The summed E-state index contributed by atoms with van der Waals surface area (Å²) in [4.78, 5) is 20.0. The van der Waals surface area contributed by atoms with Crippen LogP contribution in [0.25, 0.3) is 0 Å². The number of pyridine rings is 1. The number of benzene rings is 1. The summed E-state index contributed by atoms with van der Waals surface area (Å²) in [5.74, 6) is 1.03. The molecular formula is C19H23N3O2. The zero-order valence-electron chi connectivity index (χ0n) is 14.1. The van der Waals surface area contributed by atoms with Gasteiger partial charge in [-0.1, -0.05) is 30.3 Å². The number of carbonyl (C=O) groups excluding carboxylic acids is 1. The highest BCUT2D eigenvalue weighted by Gasteiger charge is 2.21. The van der Waals surface area contributed by atoms with Gasteiger partial charge in [-0.3, -0.25) is 4.79 Å². The Labute approximate surface area is 142 Å². The van der Waals surface area contributed by atoms with Crippen LogP contribution in [0.3, 0.4) is 0 Å². The summed E-state index contributed by atoms with van der Waals surface area (Å²) in [5.41, 5.74) is 2.71. The van der Waals surface area contributed by atoms with E-state index in [-0.39, 0.29) is 5.91 Å². The van der Waals surface area contributed by atoms with Crippen molar-refractivity contribution in [2.24, 2.45) is 0 Å². The van der Waals surface area contributed by atoms with Crippen LogP contribution in [0.5, 0.6) is 0 Å². The van der Waals surface area contributed by atoms with Gasteiger partial charge >= 0.3 is 0 Å². The van der Waals surface area contributed by atoms with E-state index in [2.05, 4.69) is 9.88 Å². The Hall–Kier alpha value is -2.40. The van der Waals surface area contributed by atoms with Crippen LogP contribution >= 0.6 is 0 Å². The van der Waals surface area contributed by atoms with Gasteiger partial charge in [0.15, 0.2) is 0 Å². The number of rotatable bonds is 3. The summed E-state index contributed by atoms with van der Waals surface area (Å²) in [7, 11) is 0.